The zero-order chi connectivity index (χ0) is 12.3. The van der Waals surface area contributed by atoms with Crippen molar-refractivity contribution in [3.63, 3.8) is 0 Å². The fourth-order valence-electron chi connectivity index (χ4n) is 2.48. The molecule has 1 aliphatic carbocycles. The summed E-state index contributed by atoms with van der Waals surface area (Å²) in [5.41, 5.74) is 7.69. The third-order valence-corrected chi connectivity index (χ3v) is 3.99. The van der Waals surface area contributed by atoms with Crippen molar-refractivity contribution in [2.24, 2.45) is 5.92 Å². The number of benzene rings is 1. The van der Waals surface area contributed by atoms with Crippen LogP contribution in [0.25, 0.3) is 0 Å². The highest BCUT2D eigenvalue weighted by Crippen LogP contribution is 2.30. The summed E-state index contributed by atoms with van der Waals surface area (Å²) >= 11 is 3.40. The third kappa shape index (κ3) is 3.13. The van der Waals surface area contributed by atoms with Gasteiger partial charge in [0.15, 0.2) is 0 Å². The minimum atomic E-state index is 0.258. The van der Waals surface area contributed by atoms with Crippen LogP contribution < -0.4 is 11.1 Å². The molecule has 2 rings (SSSR count). The van der Waals surface area contributed by atoms with Crippen molar-refractivity contribution in [1.29, 1.82) is 0 Å². The molecular formula is C13H19BrN2O. The second-order valence-corrected chi connectivity index (χ2v) is 5.63. The van der Waals surface area contributed by atoms with Gasteiger partial charge in [0.1, 0.15) is 0 Å². The van der Waals surface area contributed by atoms with Crippen molar-refractivity contribution in [3.8, 4) is 0 Å². The minimum absolute atomic E-state index is 0.258. The molecular weight excluding hydrogens is 280 g/mol. The van der Waals surface area contributed by atoms with Crippen LogP contribution in [0.1, 0.15) is 25.7 Å². The fourth-order valence-corrected chi connectivity index (χ4v) is 2.86. The molecule has 2 unspecified atom stereocenters. The normalized spacial score (nSPS) is 24.6. The number of aliphatic hydroxyl groups excluding tert-OH is 1. The molecule has 4 N–H and O–H groups in total. The molecule has 1 fully saturated rings. The molecule has 1 saturated carbocycles. The van der Waals surface area contributed by atoms with E-state index in [1.54, 1.807) is 0 Å². The number of nitrogens with one attached hydrogen (secondary N) is 1. The van der Waals surface area contributed by atoms with E-state index in [9.17, 15) is 5.11 Å². The zero-order valence-electron chi connectivity index (χ0n) is 9.82. The Bertz CT molecular complexity index is 384. The number of rotatable bonds is 3. The van der Waals surface area contributed by atoms with Gasteiger partial charge in [0.2, 0.25) is 0 Å². The molecule has 1 aromatic carbocycles. The maximum absolute atomic E-state index is 9.37. The van der Waals surface area contributed by atoms with Crippen LogP contribution in [0.5, 0.6) is 0 Å². The fraction of sp³-hybridized carbons (Fsp3) is 0.538. The molecule has 0 radical (unpaired) electrons. The van der Waals surface area contributed by atoms with Crippen LogP contribution in [-0.4, -0.2) is 17.8 Å². The Morgan fingerprint density at radius 2 is 2.12 bits per heavy atom. The van der Waals surface area contributed by atoms with Crippen LogP contribution in [0.15, 0.2) is 22.7 Å². The number of halogens is 1. The van der Waals surface area contributed by atoms with E-state index in [-0.39, 0.29) is 6.61 Å². The van der Waals surface area contributed by atoms with Crippen LogP contribution in [0.4, 0.5) is 11.4 Å². The standard InChI is InChI=1S/C13H19BrN2O/c14-10-5-6-13(11(15)7-10)16-12-4-2-1-3-9(12)8-17/h5-7,9,12,16-17H,1-4,8,15H2. The predicted octanol–water partition coefficient (Wildman–Crippen LogP) is 2.99. The first-order valence-electron chi connectivity index (χ1n) is 6.13. The second-order valence-electron chi connectivity index (χ2n) is 4.71. The highest BCUT2D eigenvalue weighted by atomic mass is 79.9. The first-order chi connectivity index (χ1) is 8.20. The number of nitrogens with two attached hydrogens (primary N) is 1. The van der Waals surface area contributed by atoms with Crippen molar-refractivity contribution in [1.82, 2.24) is 0 Å². The van der Waals surface area contributed by atoms with Gasteiger partial charge in [0.25, 0.3) is 0 Å². The smallest absolute Gasteiger partial charge is 0.0576 e. The van der Waals surface area contributed by atoms with Gasteiger partial charge in [0, 0.05) is 23.0 Å². The van der Waals surface area contributed by atoms with E-state index in [1.807, 2.05) is 18.2 Å². The molecule has 0 spiro atoms. The summed E-state index contributed by atoms with van der Waals surface area (Å²) in [5.74, 6) is 0.354. The summed E-state index contributed by atoms with van der Waals surface area (Å²) in [6, 6.07) is 6.22. The molecule has 1 aliphatic rings. The Kier molecular flexibility index (Phi) is 4.29. The molecule has 0 aromatic heterocycles. The van der Waals surface area contributed by atoms with Crippen LogP contribution in [-0.2, 0) is 0 Å². The van der Waals surface area contributed by atoms with Gasteiger partial charge in [-0.05, 0) is 31.0 Å². The summed E-state index contributed by atoms with van der Waals surface area (Å²) in [5, 5.41) is 12.8. The van der Waals surface area contributed by atoms with Crippen molar-refractivity contribution >= 4 is 27.3 Å². The molecule has 3 nitrogen and oxygen atoms in total. The van der Waals surface area contributed by atoms with Gasteiger partial charge in [-0.25, -0.2) is 0 Å². The summed E-state index contributed by atoms with van der Waals surface area (Å²) < 4.78 is 0.989. The van der Waals surface area contributed by atoms with E-state index < -0.39 is 0 Å². The molecule has 0 bridgehead atoms. The Morgan fingerprint density at radius 3 is 2.82 bits per heavy atom. The first-order valence-corrected chi connectivity index (χ1v) is 6.92. The Morgan fingerprint density at radius 1 is 1.35 bits per heavy atom. The predicted molar refractivity (Wildman–Crippen MR) is 75.0 cm³/mol. The molecule has 94 valence electrons. The van der Waals surface area contributed by atoms with E-state index in [4.69, 9.17) is 5.73 Å². The van der Waals surface area contributed by atoms with E-state index >= 15 is 0 Å². The maximum atomic E-state index is 9.37. The van der Waals surface area contributed by atoms with E-state index in [1.165, 1.54) is 12.8 Å². The lowest BCUT2D eigenvalue weighted by Gasteiger charge is -2.32. The largest absolute Gasteiger partial charge is 0.397 e. The summed E-state index contributed by atoms with van der Waals surface area (Å²) in [6.07, 6.45) is 4.66. The molecule has 17 heavy (non-hydrogen) atoms. The Labute approximate surface area is 111 Å². The number of anilines is 2. The highest BCUT2D eigenvalue weighted by molar-refractivity contribution is 9.10. The topological polar surface area (TPSA) is 58.3 Å². The molecule has 4 heteroatoms. The summed E-state index contributed by atoms with van der Waals surface area (Å²) in [6.45, 7) is 0.258. The molecule has 2 atom stereocenters. The van der Waals surface area contributed by atoms with Crippen LogP contribution >= 0.6 is 15.9 Å². The lowest BCUT2D eigenvalue weighted by molar-refractivity contribution is 0.178. The van der Waals surface area contributed by atoms with Gasteiger partial charge < -0.3 is 16.2 Å². The Hall–Kier alpha value is -0.740. The molecule has 1 aromatic rings. The van der Waals surface area contributed by atoms with Crippen LogP contribution in [0.2, 0.25) is 0 Å². The van der Waals surface area contributed by atoms with Gasteiger partial charge in [-0.3, -0.25) is 0 Å². The van der Waals surface area contributed by atoms with Gasteiger partial charge >= 0.3 is 0 Å². The van der Waals surface area contributed by atoms with Crippen molar-refractivity contribution in [3.05, 3.63) is 22.7 Å². The zero-order valence-corrected chi connectivity index (χ0v) is 11.4. The number of hydrogen-bond donors (Lipinski definition) is 3. The van der Waals surface area contributed by atoms with Crippen molar-refractivity contribution < 1.29 is 5.11 Å². The first kappa shape index (κ1) is 12.7. The van der Waals surface area contributed by atoms with E-state index in [0.717, 1.165) is 28.7 Å². The van der Waals surface area contributed by atoms with Crippen molar-refractivity contribution in [2.45, 2.75) is 31.7 Å². The van der Waals surface area contributed by atoms with Crippen LogP contribution in [0, 0.1) is 5.92 Å². The summed E-state index contributed by atoms with van der Waals surface area (Å²) in [4.78, 5) is 0. The number of nitrogen functional groups attached to an aromatic ring is 1. The molecule has 0 heterocycles. The SMILES string of the molecule is Nc1cc(Br)ccc1NC1CCCCC1CO. The quantitative estimate of drug-likeness (QED) is 0.752. The van der Waals surface area contributed by atoms with Gasteiger partial charge in [-0.1, -0.05) is 28.8 Å². The molecule has 0 amide bonds. The third-order valence-electron chi connectivity index (χ3n) is 3.50. The van der Waals surface area contributed by atoms with E-state index in [2.05, 4.69) is 21.2 Å². The average Bonchev–Trinajstić information content (AvgIpc) is 2.33. The minimum Gasteiger partial charge on any atom is -0.397 e. The monoisotopic (exact) mass is 298 g/mol. The Balaban J connectivity index is 2.08. The van der Waals surface area contributed by atoms with Gasteiger partial charge in [-0.2, -0.15) is 0 Å². The van der Waals surface area contributed by atoms with Gasteiger partial charge in [-0.15, -0.1) is 0 Å². The maximum Gasteiger partial charge on any atom is 0.0576 e. The molecule has 0 saturated heterocycles. The van der Waals surface area contributed by atoms with Gasteiger partial charge in [0.05, 0.1) is 11.4 Å². The lowest BCUT2D eigenvalue weighted by Crippen LogP contribution is -2.34. The average molecular weight is 299 g/mol. The van der Waals surface area contributed by atoms with E-state index in [0.29, 0.717) is 12.0 Å². The van der Waals surface area contributed by atoms with Crippen molar-refractivity contribution in [2.75, 3.05) is 17.7 Å². The highest BCUT2D eigenvalue weighted by Gasteiger charge is 2.24. The summed E-state index contributed by atoms with van der Waals surface area (Å²) in [7, 11) is 0. The lowest BCUT2D eigenvalue weighted by atomic mass is 9.85. The number of hydrogen-bond acceptors (Lipinski definition) is 3. The van der Waals surface area contributed by atoms with Crippen LogP contribution in [0.3, 0.4) is 0 Å². The number of aliphatic hydroxyl groups is 1. The molecule has 0 aliphatic heterocycles. The second kappa shape index (κ2) is 5.74.